The van der Waals surface area contributed by atoms with Crippen LogP contribution in [0.3, 0.4) is 0 Å². The molecule has 0 bridgehead atoms. The van der Waals surface area contributed by atoms with E-state index in [9.17, 15) is 14.7 Å². The minimum absolute atomic E-state index is 0.0898. The minimum atomic E-state index is -2.50. The summed E-state index contributed by atoms with van der Waals surface area (Å²) >= 11 is 0. The molecule has 3 N–H and O–H groups in total. The van der Waals surface area contributed by atoms with Gasteiger partial charge in [-0.2, -0.15) is 0 Å². The highest BCUT2D eigenvalue weighted by atomic mass is 28.4. The molecule has 61 heavy (non-hydrogen) atoms. The van der Waals surface area contributed by atoms with Crippen molar-refractivity contribution < 1.29 is 41.9 Å². The van der Waals surface area contributed by atoms with Gasteiger partial charge in [0.1, 0.15) is 23.2 Å². The predicted molar refractivity (Wildman–Crippen MR) is 262 cm³/mol. The smallest absolute Gasteiger partial charge is 0.341 e. The Morgan fingerprint density at radius 1 is 0.852 bits per heavy atom. The lowest BCUT2D eigenvalue weighted by Gasteiger charge is -2.51. The van der Waals surface area contributed by atoms with E-state index in [0.717, 1.165) is 29.3 Å². The van der Waals surface area contributed by atoms with E-state index in [1.54, 1.807) is 0 Å². The molecular weight excluding hydrogens is 835 g/mol. The molecule has 14 heteroatoms. The molecule has 0 saturated carbocycles. The monoisotopic (exact) mass is 926 g/mol. The van der Waals surface area contributed by atoms with E-state index >= 15 is 0 Å². The van der Waals surface area contributed by atoms with Crippen molar-refractivity contribution in [1.82, 2.24) is 0 Å². The van der Waals surface area contributed by atoms with Crippen LogP contribution in [0, 0.1) is 18.3 Å². The predicted octanol–water partition coefficient (Wildman–Crippen LogP) is 11.9. The Morgan fingerprint density at radius 3 is 1.72 bits per heavy atom. The lowest BCUT2D eigenvalue weighted by atomic mass is 9.73. The van der Waals surface area contributed by atoms with Crippen molar-refractivity contribution in [2.45, 2.75) is 233 Å². The minimum Gasteiger partial charge on any atom is -0.543 e. The van der Waals surface area contributed by atoms with Gasteiger partial charge in [0.25, 0.3) is 8.32 Å². The molecule has 1 aliphatic rings. The number of aliphatic hydroxyl groups is 1. The van der Waals surface area contributed by atoms with Crippen LogP contribution in [0.25, 0.3) is 0 Å². The van der Waals surface area contributed by atoms with Gasteiger partial charge in [-0.1, -0.05) is 104 Å². The fourth-order valence-corrected chi connectivity index (χ4v) is 13.9. The summed E-state index contributed by atoms with van der Waals surface area (Å²) in [6, 6.07) is 4.84. The van der Waals surface area contributed by atoms with Crippen LogP contribution in [-0.2, 0) is 29.5 Å². The number of esters is 1. The lowest BCUT2D eigenvalue weighted by Crippen LogP contribution is -2.58. The topological polar surface area (TPSA) is 136 Å². The van der Waals surface area contributed by atoms with E-state index in [2.05, 4.69) is 136 Å². The zero-order valence-corrected chi connectivity index (χ0v) is 47.1. The van der Waals surface area contributed by atoms with Gasteiger partial charge in [-0.15, -0.1) is 0 Å². The number of hydrogen-bond donors (Lipinski definition) is 2. The highest BCUT2D eigenvalue weighted by Crippen LogP contribution is 2.47. The lowest BCUT2D eigenvalue weighted by molar-refractivity contribution is -0.186. The standard InChI is InChI=1S/C47H91NO9Si4/c1-24-61(25-2,26-3)57-40-30-38(42(48)50)53-39(47(40,15)16)28-34(49)32(5)35(54-58(18,19)44(6,7)8)27-33-31(4)36(55-59(20,21)45(9,10)11)29-37(41(33)43(51)52-17)56-60(22,23)46(12,13)14/h29,32,34-35,38-40,49H,24-28,30H2,1-23H3,(H2,48,50)/t32-,34+,35-,38+,39-,40-/m1/s1. The Hall–Kier alpha value is -1.53. The van der Waals surface area contributed by atoms with E-state index in [1.807, 2.05) is 19.9 Å². The molecule has 1 saturated heterocycles. The van der Waals surface area contributed by atoms with Gasteiger partial charge in [0.05, 0.1) is 31.5 Å². The first kappa shape index (κ1) is 55.6. The molecule has 1 aromatic carbocycles. The molecule has 0 radical (unpaired) electrons. The van der Waals surface area contributed by atoms with Gasteiger partial charge in [0, 0.05) is 30.2 Å². The van der Waals surface area contributed by atoms with Crippen molar-refractivity contribution >= 4 is 45.1 Å². The van der Waals surface area contributed by atoms with Gasteiger partial charge in [0.15, 0.2) is 16.6 Å². The van der Waals surface area contributed by atoms with E-state index in [1.165, 1.54) is 7.11 Å². The molecule has 6 atom stereocenters. The third kappa shape index (κ3) is 12.8. The molecule has 0 spiro atoms. The van der Waals surface area contributed by atoms with E-state index in [0.29, 0.717) is 29.9 Å². The third-order valence-corrected chi connectivity index (χ3v) is 33.6. The zero-order chi connectivity index (χ0) is 47.7. The Kier molecular flexibility index (Phi) is 18.2. The Bertz CT molecular complexity index is 1650. The van der Waals surface area contributed by atoms with Crippen molar-refractivity contribution in [2.24, 2.45) is 17.1 Å². The number of benzene rings is 1. The van der Waals surface area contributed by atoms with Gasteiger partial charge < -0.3 is 38.0 Å². The molecule has 0 aromatic heterocycles. The van der Waals surface area contributed by atoms with Crippen molar-refractivity contribution in [3.63, 3.8) is 0 Å². The number of amides is 1. The summed E-state index contributed by atoms with van der Waals surface area (Å²) in [5.41, 5.74) is 7.35. The number of rotatable bonds is 19. The molecule has 1 heterocycles. The summed E-state index contributed by atoms with van der Waals surface area (Å²) in [5, 5.41) is 12.1. The normalized spacial score (nSPS) is 21.1. The highest BCUT2D eigenvalue weighted by molar-refractivity contribution is 6.75. The second kappa shape index (κ2) is 19.9. The first-order valence-corrected chi connectivity index (χ1v) is 34.3. The average Bonchev–Trinajstić information content (AvgIpc) is 3.11. The number of ether oxygens (including phenoxy) is 2. The van der Waals surface area contributed by atoms with E-state index < -0.39 is 80.9 Å². The number of hydrogen-bond acceptors (Lipinski definition) is 9. The number of aliphatic hydroxyl groups excluding tert-OH is 1. The van der Waals surface area contributed by atoms with Crippen LogP contribution in [0.2, 0.25) is 72.5 Å². The van der Waals surface area contributed by atoms with Crippen LogP contribution in [0.5, 0.6) is 11.5 Å². The van der Waals surface area contributed by atoms with Gasteiger partial charge in [-0.3, -0.25) is 4.79 Å². The Morgan fingerprint density at radius 2 is 1.31 bits per heavy atom. The van der Waals surface area contributed by atoms with Gasteiger partial charge in [-0.05, 0) is 97.0 Å². The summed E-state index contributed by atoms with van der Waals surface area (Å²) < 4.78 is 40.7. The Balaban J connectivity index is 2.92. The second-order valence-corrected chi connectivity index (χ2v) is 42.2. The zero-order valence-electron chi connectivity index (χ0n) is 43.1. The van der Waals surface area contributed by atoms with E-state index in [-0.39, 0.29) is 27.6 Å². The second-order valence-electron chi connectivity index (χ2n) is 23.3. The third-order valence-electron chi connectivity index (χ3n) is 15.7. The van der Waals surface area contributed by atoms with Crippen LogP contribution in [0.4, 0.5) is 0 Å². The van der Waals surface area contributed by atoms with Crippen molar-refractivity contribution in [1.29, 1.82) is 0 Å². The maximum atomic E-state index is 14.2. The van der Waals surface area contributed by atoms with Crippen molar-refractivity contribution in [3.8, 4) is 11.5 Å². The first-order valence-electron chi connectivity index (χ1n) is 23.0. The maximum absolute atomic E-state index is 14.2. The molecule has 0 unspecified atom stereocenters. The average molecular weight is 927 g/mol. The molecule has 1 amide bonds. The molecule has 1 aliphatic heterocycles. The van der Waals surface area contributed by atoms with Crippen LogP contribution in [-0.4, -0.2) is 87.9 Å². The van der Waals surface area contributed by atoms with Crippen LogP contribution >= 0.6 is 0 Å². The number of nitrogens with two attached hydrogens (primary N) is 1. The number of primary amides is 1. The van der Waals surface area contributed by atoms with Crippen LogP contribution in [0.1, 0.15) is 138 Å². The summed E-state index contributed by atoms with van der Waals surface area (Å²) in [7, 11) is -8.03. The summed E-state index contributed by atoms with van der Waals surface area (Å²) in [6.45, 7) is 47.9. The van der Waals surface area contributed by atoms with Crippen LogP contribution in [0.15, 0.2) is 6.07 Å². The fraction of sp³-hybridized carbons (Fsp3) is 0.830. The molecule has 1 fully saturated rings. The molecule has 1 aromatic rings. The first-order chi connectivity index (χ1) is 27.4. The molecular formula is C47H91NO9Si4. The van der Waals surface area contributed by atoms with Crippen LogP contribution < -0.4 is 14.6 Å². The highest BCUT2D eigenvalue weighted by Gasteiger charge is 2.51. The number of carbonyl (C=O) groups excluding carboxylic acids is 2. The molecule has 0 aliphatic carbocycles. The summed E-state index contributed by atoms with van der Waals surface area (Å²) in [5.74, 6) is -0.296. The fourth-order valence-electron chi connectivity index (χ4n) is 7.36. The maximum Gasteiger partial charge on any atom is 0.341 e. The largest absolute Gasteiger partial charge is 0.543 e. The number of carbonyl (C=O) groups is 2. The SMILES string of the molecule is CC[Si](CC)(CC)O[C@@H]1C[C@@H](C(N)=O)O[C@H](C[C@H](O)[C@@H](C)[C@@H](Cc2c(C)c(O[Si](C)(C)C(C)(C)C)cc(O[Si](C)(C)C(C)(C)C)c2C(=O)OC)O[Si](C)(C)C(C)(C)C)C1(C)C. The van der Waals surface area contributed by atoms with Gasteiger partial charge in [0.2, 0.25) is 14.2 Å². The van der Waals surface area contributed by atoms with Gasteiger partial charge in [-0.25, -0.2) is 4.79 Å². The van der Waals surface area contributed by atoms with Gasteiger partial charge >= 0.3 is 5.97 Å². The van der Waals surface area contributed by atoms with E-state index in [4.69, 9.17) is 32.9 Å². The number of methoxy groups -OCH3 is 1. The van der Waals surface area contributed by atoms with Crippen molar-refractivity contribution in [3.05, 3.63) is 22.8 Å². The Labute approximate surface area is 377 Å². The van der Waals surface area contributed by atoms with Crippen molar-refractivity contribution in [2.75, 3.05) is 7.11 Å². The quantitative estimate of drug-likeness (QED) is 0.103. The molecule has 354 valence electrons. The molecule has 2 rings (SSSR count). The molecule has 10 nitrogen and oxygen atoms in total. The summed E-state index contributed by atoms with van der Waals surface area (Å²) in [6.07, 6.45) is -2.12. The summed E-state index contributed by atoms with van der Waals surface area (Å²) in [4.78, 5) is 27.0.